The van der Waals surface area contributed by atoms with Crippen LogP contribution < -0.4 is 0 Å². The zero-order chi connectivity index (χ0) is 36.5. The Balaban J connectivity index is 1.11. The summed E-state index contributed by atoms with van der Waals surface area (Å²) in [5.41, 5.74) is 10.8. The zero-order valence-electron chi connectivity index (χ0n) is 30.2. The summed E-state index contributed by atoms with van der Waals surface area (Å²) in [5.74, 6) is 1.75. The molecule has 4 heterocycles. The molecule has 0 fully saturated rings. The van der Waals surface area contributed by atoms with Gasteiger partial charge in [0.2, 0.25) is 5.95 Å². The molecule has 0 bridgehead atoms. The number of para-hydroxylation sites is 2. The molecule has 0 saturated heterocycles. The molecule has 11 aromatic rings. The van der Waals surface area contributed by atoms with Crippen LogP contribution in [-0.4, -0.2) is 19.5 Å². The number of aryl methyl sites for hydroxylation is 1. The maximum atomic E-state index is 6.47. The molecule has 262 valence electrons. The van der Waals surface area contributed by atoms with E-state index in [0.29, 0.717) is 17.6 Å². The first kappa shape index (κ1) is 31.5. The van der Waals surface area contributed by atoms with Crippen molar-refractivity contribution >= 4 is 65.7 Å². The highest BCUT2D eigenvalue weighted by molar-refractivity contribution is 6.13. The maximum absolute atomic E-state index is 6.47. The Morgan fingerprint density at radius 1 is 0.473 bits per heavy atom. The fraction of sp³-hybridized carbons (Fsp3) is 0.0816. The molecule has 0 radical (unpaired) electrons. The summed E-state index contributed by atoms with van der Waals surface area (Å²) in [4.78, 5) is 15.6. The molecule has 4 aromatic heterocycles. The average molecular weight is 711 g/mol. The van der Waals surface area contributed by atoms with Crippen LogP contribution in [0.15, 0.2) is 160 Å². The second kappa shape index (κ2) is 12.5. The molecule has 0 unspecified atom stereocenters. The van der Waals surface area contributed by atoms with Crippen LogP contribution in [0.2, 0.25) is 0 Å². The van der Waals surface area contributed by atoms with Crippen LogP contribution in [0.25, 0.3) is 106 Å². The minimum atomic E-state index is 0.554. The van der Waals surface area contributed by atoms with Crippen LogP contribution in [0.5, 0.6) is 0 Å². The molecule has 0 aliphatic heterocycles. The smallest absolute Gasteiger partial charge is 0.238 e. The van der Waals surface area contributed by atoms with Gasteiger partial charge in [-0.3, -0.25) is 4.57 Å². The quantitative estimate of drug-likeness (QED) is 0.165. The normalized spacial score (nSPS) is 11.9. The molecule has 6 nitrogen and oxygen atoms in total. The van der Waals surface area contributed by atoms with Crippen molar-refractivity contribution in [3.05, 3.63) is 157 Å². The molecule has 0 spiro atoms. The van der Waals surface area contributed by atoms with Crippen LogP contribution >= 0.6 is 0 Å². The number of unbranched alkanes of at least 4 members (excludes halogenated alkanes) is 1. The lowest BCUT2D eigenvalue weighted by molar-refractivity contribution is 0.667. The van der Waals surface area contributed by atoms with E-state index in [4.69, 9.17) is 23.8 Å². The maximum Gasteiger partial charge on any atom is 0.238 e. The Morgan fingerprint density at radius 2 is 1.16 bits per heavy atom. The Morgan fingerprint density at radius 3 is 2.07 bits per heavy atom. The van der Waals surface area contributed by atoms with Crippen molar-refractivity contribution in [2.24, 2.45) is 0 Å². The highest BCUT2D eigenvalue weighted by Crippen LogP contribution is 2.39. The van der Waals surface area contributed by atoms with Crippen molar-refractivity contribution < 1.29 is 8.83 Å². The number of nitrogens with zero attached hydrogens (tertiary/aromatic N) is 4. The molecule has 0 N–H and O–H groups in total. The van der Waals surface area contributed by atoms with E-state index >= 15 is 0 Å². The third kappa shape index (κ3) is 5.13. The summed E-state index contributed by atoms with van der Waals surface area (Å²) >= 11 is 0. The van der Waals surface area contributed by atoms with E-state index in [-0.39, 0.29) is 0 Å². The molecule has 6 heteroatoms. The Hall–Kier alpha value is -7.05. The second-order valence-electron chi connectivity index (χ2n) is 14.3. The van der Waals surface area contributed by atoms with Crippen molar-refractivity contribution in [1.29, 1.82) is 0 Å². The van der Waals surface area contributed by atoms with Gasteiger partial charge in [0.15, 0.2) is 11.6 Å². The van der Waals surface area contributed by atoms with Crippen molar-refractivity contribution in [3.63, 3.8) is 0 Å². The van der Waals surface area contributed by atoms with Gasteiger partial charge in [0.25, 0.3) is 0 Å². The summed E-state index contributed by atoms with van der Waals surface area (Å²) in [6, 6.07) is 52.7. The lowest BCUT2D eigenvalue weighted by atomic mass is 10.0. The molecule has 55 heavy (non-hydrogen) atoms. The van der Waals surface area contributed by atoms with Crippen LogP contribution in [-0.2, 0) is 6.42 Å². The van der Waals surface area contributed by atoms with Gasteiger partial charge < -0.3 is 8.83 Å². The summed E-state index contributed by atoms with van der Waals surface area (Å²) in [6.45, 7) is 2.22. The highest BCUT2D eigenvalue weighted by atomic mass is 16.3. The Bertz CT molecular complexity index is 3260. The van der Waals surface area contributed by atoms with Gasteiger partial charge in [0, 0.05) is 43.4 Å². The van der Waals surface area contributed by atoms with Gasteiger partial charge in [-0.15, -0.1) is 0 Å². The topological polar surface area (TPSA) is 69.9 Å². The largest absolute Gasteiger partial charge is 0.456 e. The average Bonchev–Trinajstić information content (AvgIpc) is 3.91. The summed E-state index contributed by atoms with van der Waals surface area (Å²) in [7, 11) is 0. The van der Waals surface area contributed by atoms with E-state index in [1.165, 1.54) is 5.56 Å². The number of hydrogen-bond acceptors (Lipinski definition) is 5. The first-order valence-electron chi connectivity index (χ1n) is 18.9. The van der Waals surface area contributed by atoms with E-state index < -0.39 is 0 Å². The van der Waals surface area contributed by atoms with Gasteiger partial charge in [0.05, 0.1) is 11.0 Å². The molecule has 0 aliphatic rings. The molecule has 0 aliphatic carbocycles. The van der Waals surface area contributed by atoms with E-state index in [9.17, 15) is 0 Å². The number of furan rings is 2. The Kier molecular flexibility index (Phi) is 7.17. The molecular weight excluding hydrogens is 677 g/mol. The number of rotatable bonds is 7. The monoisotopic (exact) mass is 710 g/mol. The Labute approximate surface area is 316 Å². The summed E-state index contributed by atoms with van der Waals surface area (Å²) in [6.07, 6.45) is 3.33. The predicted octanol–water partition coefficient (Wildman–Crippen LogP) is 13.1. The summed E-state index contributed by atoms with van der Waals surface area (Å²) in [5, 5.41) is 6.54. The van der Waals surface area contributed by atoms with Gasteiger partial charge in [-0.05, 0) is 78.1 Å². The number of aromatic nitrogens is 4. The molecular formula is C49H34N4O2. The van der Waals surface area contributed by atoms with Crippen molar-refractivity contribution in [2.75, 3.05) is 0 Å². The first-order valence-corrected chi connectivity index (χ1v) is 18.9. The minimum absolute atomic E-state index is 0.554. The van der Waals surface area contributed by atoms with Crippen LogP contribution in [0.3, 0.4) is 0 Å². The van der Waals surface area contributed by atoms with Crippen molar-refractivity contribution in [2.45, 2.75) is 26.2 Å². The molecule has 0 atom stereocenters. The molecule has 0 amide bonds. The zero-order valence-corrected chi connectivity index (χ0v) is 30.2. The van der Waals surface area contributed by atoms with E-state index in [2.05, 4.69) is 109 Å². The number of hydrogen-bond donors (Lipinski definition) is 0. The number of fused-ring (bicyclic) bond motifs is 9. The SMILES string of the molecule is CCCCc1ccc2c(c1)oc1cccc(-c3nc(-c4ccccc4)nc(-n4c5ccccc5c5cc(-c6ccc7c(c6)oc6ccccc67)ccc54)n3)c12. The second-order valence-corrected chi connectivity index (χ2v) is 14.3. The lowest BCUT2D eigenvalue weighted by Gasteiger charge is -2.11. The van der Waals surface area contributed by atoms with Crippen LogP contribution in [0, 0.1) is 0 Å². The van der Waals surface area contributed by atoms with E-state index in [1.54, 1.807) is 0 Å². The lowest BCUT2D eigenvalue weighted by Crippen LogP contribution is -2.06. The van der Waals surface area contributed by atoms with Gasteiger partial charge in [-0.2, -0.15) is 9.97 Å². The molecule has 7 aromatic carbocycles. The van der Waals surface area contributed by atoms with Crippen molar-refractivity contribution in [3.8, 4) is 39.9 Å². The fourth-order valence-corrected chi connectivity index (χ4v) is 8.17. The third-order valence-electron chi connectivity index (χ3n) is 10.9. The van der Waals surface area contributed by atoms with Gasteiger partial charge in [-0.25, -0.2) is 4.98 Å². The highest BCUT2D eigenvalue weighted by Gasteiger charge is 2.21. The van der Waals surface area contributed by atoms with Gasteiger partial charge in [0.1, 0.15) is 22.3 Å². The van der Waals surface area contributed by atoms with Crippen molar-refractivity contribution in [1.82, 2.24) is 19.5 Å². The van der Waals surface area contributed by atoms with Gasteiger partial charge in [-0.1, -0.05) is 116 Å². The fourth-order valence-electron chi connectivity index (χ4n) is 8.17. The predicted molar refractivity (Wildman–Crippen MR) is 224 cm³/mol. The first-order chi connectivity index (χ1) is 27.2. The minimum Gasteiger partial charge on any atom is -0.456 e. The molecule has 11 rings (SSSR count). The third-order valence-corrected chi connectivity index (χ3v) is 10.9. The number of benzene rings is 7. The van der Waals surface area contributed by atoms with Crippen LogP contribution in [0.4, 0.5) is 0 Å². The standard InChI is InChI=1S/C49H34N4O2/c1-2-3-12-30-21-24-37-44(27-30)55-43-20-11-17-38(46(37)43)48-50-47(31-13-5-4-6-14-31)51-49(52-48)53-40-18-9-7-15-34(40)39-28-32(23-26-41(39)53)33-22-25-36-35-16-8-10-19-42(35)54-45(36)29-33/h4-11,13-29H,2-3,12H2,1H3. The molecule has 0 saturated carbocycles. The van der Waals surface area contributed by atoms with Crippen LogP contribution in [0.1, 0.15) is 25.3 Å². The van der Waals surface area contributed by atoms with E-state index in [0.717, 1.165) is 107 Å². The van der Waals surface area contributed by atoms with Gasteiger partial charge >= 0.3 is 0 Å². The summed E-state index contributed by atoms with van der Waals surface area (Å²) < 4.78 is 14.9. The van der Waals surface area contributed by atoms with E-state index in [1.807, 2.05) is 54.6 Å².